The SMILES string of the molecule is COc1ccccc1Cn1c(C(=O)NC2CCCCC2)cc2ccsc21. The highest BCUT2D eigenvalue weighted by atomic mass is 32.1. The molecule has 1 amide bonds. The van der Waals surface area contributed by atoms with Crippen LogP contribution in [0.15, 0.2) is 41.8 Å². The van der Waals surface area contributed by atoms with Crippen LogP contribution in [-0.4, -0.2) is 23.6 Å². The Kier molecular flexibility index (Phi) is 4.98. The third-order valence-corrected chi connectivity index (χ3v) is 6.15. The number of rotatable bonds is 5. The van der Waals surface area contributed by atoms with Gasteiger partial charge in [0.2, 0.25) is 0 Å². The molecule has 26 heavy (non-hydrogen) atoms. The van der Waals surface area contributed by atoms with Crippen LogP contribution in [0.4, 0.5) is 0 Å². The number of para-hydroxylation sites is 1. The van der Waals surface area contributed by atoms with Crippen molar-refractivity contribution in [2.24, 2.45) is 0 Å². The maximum Gasteiger partial charge on any atom is 0.268 e. The van der Waals surface area contributed by atoms with E-state index in [0.29, 0.717) is 12.6 Å². The van der Waals surface area contributed by atoms with Gasteiger partial charge in [-0.2, -0.15) is 0 Å². The quantitative estimate of drug-likeness (QED) is 0.701. The van der Waals surface area contributed by atoms with Crippen molar-refractivity contribution in [3.63, 3.8) is 0 Å². The molecule has 1 fully saturated rings. The summed E-state index contributed by atoms with van der Waals surface area (Å²) in [4.78, 5) is 14.1. The lowest BCUT2D eigenvalue weighted by Gasteiger charge is -2.23. The van der Waals surface area contributed by atoms with Crippen LogP contribution in [0.2, 0.25) is 0 Å². The number of nitrogens with one attached hydrogen (secondary N) is 1. The topological polar surface area (TPSA) is 43.3 Å². The summed E-state index contributed by atoms with van der Waals surface area (Å²) in [6, 6.07) is 12.4. The molecule has 1 aromatic carbocycles. The van der Waals surface area contributed by atoms with Crippen molar-refractivity contribution < 1.29 is 9.53 Å². The van der Waals surface area contributed by atoms with Crippen molar-refractivity contribution in [2.75, 3.05) is 7.11 Å². The minimum absolute atomic E-state index is 0.0372. The summed E-state index contributed by atoms with van der Waals surface area (Å²) in [7, 11) is 1.69. The van der Waals surface area contributed by atoms with Gasteiger partial charge in [-0.05, 0) is 36.4 Å². The van der Waals surface area contributed by atoms with Crippen LogP contribution < -0.4 is 10.1 Å². The summed E-state index contributed by atoms with van der Waals surface area (Å²) in [5, 5.41) is 6.45. The molecule has 0 atom stereocenters. The lowest BCUT2D eigenvalue weighted by molar-refractivity contribution is 0.0919. The van der Waals surface area contributed by atoms with E-state index in [9.17, 15) is 4.79 Å². The molecular formula is C21H24N2O2S. The predicted molar refractivity (Wildman–Crippen MR) is 106 cm³/mol. The summed E-state index contributed by atoms with van der Waals surface area (Å²) >= 11 is 1.67. The van der Waals surface area contributed by atoms with Crippen LogP contribution in [0.1, 0.15) is 48.2 Å². The third-order valence-electron chi connectivity index (χ3n) is 5.20. The van der Waals surface area contributed by atoms with E-state index >= 15 is 0 Å². The highest BCUT2D eigenvalue weighted by Crippen LogP contribution is 2.29. The Labute approximate surface area is 157 Å². The number of benzene rings is 1. The van der Waals surface area contributed by atoms with Crippen LogP contribution in [0.3, 0.4) is 0 Å². The number of hydrogen-bond donors (Lipinski definition) is 1. The van der Waals surface area contributed by atoms with E-state index in [4.69, 9.17) is 4.74 Å². The first-order chi connectivity index (χ1) is 12.8. The van der Waals surface area contributed by atoms with Crippen molar-refractivity contribution in [3.05, 3.63) is 53.0 Å². The summed E-state index contributed by atoms with van der Waals surface area (Å²) in [5.74, 6) is 0.889. The standard InChI is InChI=1S/C21H24N2O2S/c1-25-19-10-6-5-7-16(19)14-23-18(13-15-11-12-26-21(15)23)20(24)22-17-8-3-2-4-9-17/h5-7,10-13,17H,2-4,8-9,14H2,1H3,(H,22,24). The molecule has 0 spiro atoms. The fourth-order valence-corrected chi connectivity index (χ4v) is 4.73. The van der Waals surface area contributed by atoms with E-state index < -0.39 is 0 Å². The first kappa shape index (κ1) is 17.2. The molecule has 136 valence electrons. The van der Waals surface area contributed by atoms with E-state index in [-0.39, 0.29) is 5.91 Å². The Bertz CT molecular complexity index is 906. The zero-order valence-corrected chi connectivity index (χ0v) is 15.8. The number of ether oxygens (including phenoxy) is 1. The Balaban J connectivity index is 1.65. The molecule has 1 saturated carbocycles. The third kappa shape index (κ3) is 3.36. The molecule has 2 aromatic heterocycles. The van der Waals surface area contributed by atoms with Crippen molar-refractivity contribution >= 4 is 27.5 Å². The average molecular weight is 369 g/mol. The average Bonchev–Trinajstić information content (AvgIpc) is 3.25. The molecule has 0 bridgehead atoms. The van der Waals surface area contributed by atoms with Gasteiger partial charge in [-0.25, -0.2) is 0 Å². The molecule has 1 N–H and O–H groups in total. The molecule has 1 aliphatic carbocycles. The molecule has 0 unspecified atom stereocenters. The van der Waals surface area contributed by atoms with E-state index in [2.05, 4.69) is 27.4 Å². The maximum atomic E-state index is 13.0. The minimum Gasteiger partial charge on any atom is -0.496 e. The predicted octanol–water partition coefficient (Wildman–Crippen LogP) is 4.82. The lowest BCUT2D eigenvalue weighted by Crippen LogP contribution is -2.37. The molecule has 1 aliphatic rings. The Morgan fingerprint density at radius 1 is 1.23 bits per heavy atom. The van der Waals surface area contributed by atoms with Gasteiger partial charge >= 0.3 is 0 Å². The summed E-state index contributed by atoms with van der Waals surface area (Å²) in [6.45, 7) is 0.626. The summed E-state index contributed by atoms with van der Waals surface area (Å²) in [5.41, 5.74) is 1.82. The van der Waals surface area contributed by atoms with Crippen LogP contribution >= 0.6 is 11.3 Å². The molecule has 5 heteroatoms. The van der Waals surface area contributed by atoms with Gasteiger partial charge in [-0.15, -0.1) is 11.3 Å². The summed E-state index contributed by atoms with van der Waals surface area (Å²) in [6.07, 6.45) is 5.89. The Morgan fingerprint density at radius 3 is 2.85 bits per heavy atom. The highest BCUT2D eigenvalue weighted by molar-refractivity contribution is 7.16. The van der Waals surface area contributed by atoms with Crippen LogP contribution in [0, 0.1) is 0 Å². The molecule has 0 saturated heterocycles. The number of carbonyl (C=O) groups is 1. The van der Waals surface area contributed by atoms with Gasteiger partial charge in [0.1, 0.15) is 16.3 Å². The molecular weight excluding hydrogens is 344 g/mol. The van der Waals surface area contributed by atoms with Crippen molar-refractivity contribution in [3.8, 4) is 5.75 Å². The van der Waals surface area contributed by atoms with Gasteiger partial charge in [0.05, 0.1) is 13.7 Å². The second kappa shape index (κ2) is 7.54. The molecule has 4 rings (SSSR count). The van der Waals surface area contributed by atoms with E-state index in [0.717, 1.165) is 40.1 Å². The maximum absolute atomic E-state index is 13.0. The number of methoxy groups -OCH3 is 1. The second-order valence-corrected chi connectivity index (χ2v) is 7.81. The van der Waals surface area contributed by atoms with Gasteiger partial charge in [-0.1, -0.05) is 37.5 Å². The Hall–Kier alpha value is -2.27. The minimum atomic E-state index is 0.0372. The van der Waals surface area contributed by atoms with Crippen molar-refractivity contribution in [1.82, 2.24) is 9.88 Å². The van der Waals surface area contributed by atoms with Crippen LogP contribution in [0.25, 0.3) is 10.2 Å². The smallest absolute Gasteiger partial charge is 0.268 e. The van der Waals surface area contributed by atoms with E-state index in [1.165, 1.54) is 19.3 Å². The molecule has 2 heterocycles. The van der Waals surface area contributed by atoms with Gasteiger partial charge in [0.25, 0.3) is 5.91 Å². The number of fused-ring (bicyclic) bond motifs is 1. The second-order valence-electron chi connectivity index (χ2n) is 6.92. The fourth-order valence-electron chi connectivity index (χ4n) is 3.83. The lowest BCUT2D eigenvalue weighted by atomic mass is 9.95. The number of amides is 1. The number of hydrogen-bond acceptors (Lipinski definition) is 3. The van der Waals surface area contributed by atoms with Gasteiger partial charge < -0.3 is 14.6 Å². The first-order valence-electron chi connectivity index (χ1n) is 9.26. The fraction of sp³-hybridized carbons (Fsp3) is 0.381. The van der Waals surface area contributed by atoms with E-state index in [1.54, 1.807) is 18.4 Å². The Morgan fingerprint density at radius 2 is 2.04 bits per heavy atom. The molecule has 0 aliphatic heterocycles. The number of aromatic nitrogens is 1. The van der Waals surface area contributed by atoms with Gasteiger partial charge in [0, 0.05) is 17.0 Å². The van der Waals surface area contributed by atoms with Crippen LogP contribution in [-0.2, 0) is 6.54 Å². The highest BCUT2D eigenvalue weighted by Gasteiger charge is 2.21. The van der Waals surface area contributed by atoms with Gasteiger partial charge in [0.15, 0.2) is 0 Å². The normalized spacial score (nSPS) is 15.3. The van der Waals surface area contributed by atoms with Gasteiger partial charge in [-0.3, -0.25) is 4.79 Å². The zero-order valence-electron chi connectivity index (χ0n) is 15.0. The molecule has 4 nitrogen and oxygen atoms in total. The summed E-state index contributed by atoms with van der Waals surface area (Å²) < 4.78 is 7.62. The number of thiophene rings is 1. The number of nitrogens with zero attached hydrogens (tertiary/aromatic N) is 1. The largest absolute Gasteiger partial charge is 0.496 e. The monoisotopic (exact) mass is 368 g/mol. The molecule has 0 radical (unpaired) electrons. The van der Waals surface area contributed by atoms with Crippen molar-refractivity contribution in [2.45, 2.75) is 44.7 Å². The van der Waals surface area contributed by atoms with Crippen LogP contribution in [0.5, 0.6) is 5.75 Å². The molecule has 3 aromatic rings. The first-order valence-corrected chi connectivity index (χ1v) is 10.1. The van der Waals surface area contributed by atoms with Crippen molar-refractivity contribution in [1.29, 1.82) is 0 Å². The van der Waals surface area contributed by atoms with E-state index in [1.807, 2.05) is 24.3 Å². The number of carbonyl (C=O) groups excluding carboxylic acids is 1. The zero-order chi connectivity index (χ0) is 17.9.